The van der Waals surface area contributed by atoms with Gasteiger partial charge in [-0.25, -0.2) is 22.1 Å². The first-order chi connectivity index (χ1) is 59.2. The van der Waals surface area contributed by atoms with Crippen molar-refractivity contribution in [1.29, 1.82) is 0 Å². The fourth-order valence-corrected chi connectivity index (χ4v) is 11.5. The highest BCUT2D eigenvalue weighted by molar-refractivity contribution is 7.93. The number of alkyl halides is 6. The van der Waals surface area contributed by atoms with E-state index in [1.165, 1.54) is 98.4 Å². The van der Waals surface area contributed by atoms with Crippen molar-refractivity contribution in [2.75, 3.05) is 25.2 Å². The van der Waals surface area contributed by atoms with E-state index in [4.69, 9.17) is 10.3 Å². The highest BCUT2D eigenvalue weighted by Crippen LogP contribution is 2.30. The number of primary amides is 1. The number of halogens is 6. The minimum atomic E-state index is -5.59. The van der Waals surface area contributed by atoms with Crippen LogP contribution >= 0.6 is 0 Å². The van der Waals surface area contributed by atoms with Crippen molar-refractivity contribution in [3.05, 3.63) is 239 Å². The van der Waals surface area contributed by atoms with Gasteiger partial charge in [0.05, 0.1) is 36.2 Å². The quantitative estimate of drug-likeness (QED) is 0.0173. The van der Waals surface area contributed by atoms with E-state index in [1.807, 2.05) is 98.2 Å². The Balaban J connectivity index is -0.000000668. The standard InChI is InChI=1S/C12H17NO3S.C11H14F3NO2S.C10H14O2S.4C10H14.C7H12F3NO3S.2C7H14O2.C5H11NO/c1-4-9(2)10-5-7-11(8-6-10)12(14)13-17(3,15)16;1-3-8(2)9-4-6-10(7-5-9)15-18(16,17)11(12,13)14;1-3-8(2)9-4-6-10(7-5-9)13(11)12;4*1-3-9(2)10-7-5-4-6-8-10;1-4-6(2,3)5(12)11-15(13,14)7(8,9)10;2*1-5-7(2,3)6(8)9-4;1-3-4(2)5(6)7/h5-9H,4H2,1-3H3,(H,13,14);4-8,15H,3H2,1-2H3;4-8H,3H2,1-2H3,(H,11,12);4*4-9H,3H2,1-2H3;4H2,1-3H3,(H,11,12);2*5H2,1-4H3;4H,3H2,1-2H3,(H2,6,7). The second-order valence-corrected chi connectivity index (χ2v) is 39.0. The number of nitrogens with one attached hydrogen (secondary N) is 3. The van der Waals surface area contributed by atoms with Crippen molar-refractivity contribution in [2.24, 2.45) is 27.9 Å². The molecule has 0 aliphatic heterocycles. The molecule has 7 aromatic carbocycles. The normalized spacial score (nSPS) is 13.3. The Morgan fingerprint density at radius 1 is 0.375 bits per heavy atom. The van der Waals surface area contributed by atoms with E-state index in [-0.39, 0.29) is 52.6 Å². The van der Waals surface area contributed by atoms with Crippen LogP contribution in [0, 0.1) is 22.2 Å². The molecule has 724 valence electrons. The summed E-state index contributed by atoms with van der Waals surface area (Å²) in [5.41, 5.74) is 1.72. The van der Waals surface area contributed by atoms with Crippen molar-refractivity contribution in [3.8, 4) is 0 Å². The number of ether oxygens (including phenoxy) is 2. The van der Waals surface area contributed by atoms with Crippen LogP contribution in [0.25, 0.3) is 0 Å². The summed E-state index contributed by atoms with van der Waals surface area (Å²) in [7, 11) is -11.6. The highest BCUT2D eigenvalue weighted by Gasteiger charge is 2.48. The molecule has 0 spiro atoms. The van der Waals surface area contributed by atoms with Gasteiger partial charge < -0.3 is 19.8 Å². The molecule has 6 N–H and O–H groups in total. The number of amides is 3. The molecule has 7 aromatic rings. The summed E-state index contributed by atoms with van der Waals surface area (Å²) in [6, 6.07) is 62.6. The molecule has 0 saturated heterocycles. The molecule has 7 rings (SSSR count). The van der Waals surface area contributed by atoms with E-state index < -0.39 is 69.4 Å². The van der Waals surface area contributed by atoms with Gasteiger partial charge >= 0.3 is 43.0 Å². The molecule has 3 amide bonds. The SMILES string of the molecule is CCC(C)(C)C(=O)NS(=O)(=O)C(F)(F)F.CCC(C)(C)C(=O)OC.CCC(C)(C)C(=O)OC.CCC(C)C(N)=O.CCC(C)c1ccc(C(=O)NS(C)(=O)=O)cc1.CCC(C)c1ccc(NS(=O)(=O)C(F)(F)F)cc1.CCC(C)c1ccc(S(=O)O)cc1.CCC(C)c1ccccc1.CCC(C)c1ccccc1.CCC(C)c1ccccc1.CCC(C)c1ccccc1. The van der Waals surface area contributed by atoms with Crippen LogP contribution in [0.1, 0.15) is 334 Å². The van der Waals surface area contributed by atoms with Gasteiger partial charge in [-0.05, 0) is 215 Å². The van der Waals surface area contributed by atoms with Gasteiger partial charge in [-0.2, -0.15) is 43.2 Å². The number of esters is 2. The van der Waals surface area contributed by atoms with Gasteiger partial charge in [0.25, 0.3) is 5.91 Å². The van der Waals surface area contributed by atoms with Crippen molar-refractivity contribution < 1.29 is 93.8 Å². The highest BCUT2D eigenvalue weighted by atomic mass is 32.2. The van der Waals surface area contributed by atoms with E-state index in [1.54, 1.807) is 43.3 Å². The van der Waals surface area contributed by atoms with Crippen LogP contribution in [0.2, 0.25) is 0 Å². The van der Waals surface area contributed by atoms with Gasteiger partial charge in [0.15, 0.2) is 11.1 Å². The third kappa shape index (κ3) is 52.8. The van der Waals surface area contributed by atoms with Gasteiger partial charge in [-0.3, -0.25) is 28.7 Å². The summed E-state index contributed by atoms with van der Waals surface area (Å²) in [6.07, 6.45) is 11.6. The molecule has 0 bridgehead atoms. The molecule has 0 heterocycles. The van der Waals surface area contributed by atoms with Crippen LogP contribution < -0.4 is 19.9 Å². The largest absolute Gasteiger partial charge is 0.516 e. The smallest absolute Gasteiger partial charge is 0.469 e. The summed E-state index contributed by atoms with van der Waals surface area (Å²) in [4.78, 5) is 55.0. The molecule has 29 heteroatoms. The minimum Gasteiger partial charge on any atom is -0.469 e. The summed E-state index contributed by atoms with van der Waals surface area (Å²) in [6.45, 7) is 49.8. The van der Waals surface area contributed by atoms with E-state index in [9.17, 15) is 79.8 Å². The average molecular weight is 1880 g/mol. The molecular weight excluding hydrogens is 1730 g/mol. The molecule has 0 aliphatic carbocycles. The summed E-state index contributed by atoms with van der Waals surface area (Å²) in [5.74, 6) is 1.87. The summed E-state index contributed by atoms with van der Waals surface area (Å²) >= 11 is -1.85. The maximum atomic E-state index is 12.1. The van der Waals surface area contributed by atoms with Crippen molar-refractivity contribution >= 4 is 76.5 Å². The zero-order chi connectivity index (χ0) is 99.8. The van der Waals surface area contributed by atoms with Crippen LogP contribution in [-0.2, 0) is 69.8 Å². The Labute approximate surface area is 767 Å². The third-order valence-corrected chi connectivity index (χ3v) is 25.2. The Kier molecular flexibility index (Phi) is 62.8. The minimum absolute atomic E-state index is 0.0417. The van der Waals surface area contributed by atoms with E-state index >= 15 is 0 Å². The average Bonchev–Trinajstić information content (AvgIpc) is 0.815. The lowest BCUT2D eigenvalue weighted by atomic mass is 9.90. The number of nitrogens with two attached hydrogens (primary N) is 1. The summed E-state index contributed by atoms with van der Waals surface area (Å²) < 4.78 is 170. The topological polar surface area (TPSA) is 306 Å². The number of methoxy groups -OCH3 is 2. The van der Waals surface area contributed by atoms with Gasteiger partial charge in [0, 0.05) is 22.6 Å². The maximum Gasteiger partial charge on any atom is 0.516 e. The van der Waals surface area contributed by atoms with Crippen LogP contribution in [0.4, 0.5) is 32.0 Å². The number of anilines is 1. The number of carbonyl (C=O) groups is 5. The fourth-order valence-electron chi connectivity index (χ4n) is 9.49. The first kappa shape index (κ1) is 126. The monoisotopic (exact) mass is 1880 g/mol. The molecule has 128 heavy (non-hydrogen) atoms. The predicted octanol–water partition coefficient (Wildman–Crippen LogP) is 26.0. The molecule has 0 aliphatic rings. The zero-order valence-corrected chi connectivity index (χ0v) is 84.3. The fraction of sp³-hybridized carbons (Fsp3) is 0.525. The van der Waals surface area contributed by atoms with Crippen LogP contribution in [0.3, 0.4) is 0 Å². The van der Waals surface area contributed by atoms with Gasteiger partial charge in [-0.15, -0.1) is 0 Å². The van der Waals surface area contributed by atoms with E-state index in [0.29, 0.717) is 46.0 Å². The number of benzene rings is 7. The molecule has 9 unspecified atom stereocenters. The van der Waals surface area contributed by atoms with Crippen molar-refractivity contribution in [2.45, 2.75) is 301 Å². The number of sulfonamides is 3. The first-order valence-electron chi connectivity index (χ1n) is 43.5. The van der Waals surface area contributed by atoms with Crippen molar-refractivity contribution in [1.82, 2.24) is 9.44 Å². The predicted molar refractivity (Wildman–Crippen MR) is 514 cm³/mol. The second kappa shape index (κ2) is 64.1. The molecule has 0 fully saturated rings. The summed E-state index contributed by atoms with van der Waals surface area (Å²) in [5, 5.41) is 0. The van der Waals surface area contributed by atoms with Crippen LogP contribution in [0.5, 0.6) is 0 Å². The lowest BCUT2D eigenvalue weighted by molar-refractivity contribution is -0.151. The number of carbonyl (C=O) groups excluding carboxylic acids is 5. The van der Waals surface area contributed by atoms with E-state index in [0.717, 1.165) is 60.6 Å². The molecular formula is C99H152F6N4O15S4. The number of hydrogen-bond donors (Lipinski definition) is 5. The molecule has 0 radical (unpaired) electrons. The lowest BCUT2D eigenvalue weighted by Gasteiger charge is -2.21. The second-order valence-electron chi connectivity index (χ2n) is 32.9. The Morgan fingerprint density at radius 2 is 0.617 bits per heavy atom. The Morgan fingerprint density at radius 3 is 0.805 bits per heavy atom. The first-order valence-corrected chi connectivity index (χ1v) is 49.5. The Hall–Kier alpha value is -8.77. The molecule has 19 nitrogen and oxygen atoms in total. The van der Waals surface area contributed by atoms with Gasteiger partial charge in [0.2, 0.25) is 21.8 Å². The zero-order valence-electron chi connectivity index (χ0n) is 81.0. The van der Waals surface area contributed by atoms with E-state index in [2.05, 4.69) is 214 Å². The third-order valence-electron chi connectivity index (χ3n) is 21.8. The Bertz CT molecular complexity index is 4360. The van der Waals surface area contributed by atoms with Crippen LogP contribution in [0.15, 0.2) is 199 Å². The van der Waals surface area contributed by atoms with Gasteiger partial charge in [-0.1, -0.05) is 303 Å². The van der Waals surface area contributed by atoms with Crippen molar-refractivity contribution in [3.63, 3.8) is 0 Å². The van der Waals surface area contributed by atoms with Gasteiger partial charge in [0.1, 0.15) is 0 Å². The maximum absolute atomic E-state index is 12.1. The number of hydrogen-bond acceptors (Lipinski definition) is 14. The molecule has 0 saturated carbocycles. The lowest BCUT2D eigenvalue weighted by Crippen LogP contribution is -2.45. The molecule has 0 aromatic heterocycles. The number of rotatable bonds is 28. The molecule has 9 atom stereocenters. The van der Waals surface area contributed by atoms with Crippen LogP contribution in [-0.4, -0.2) is 95.2 Å².